The van der Waals surface area contributed by atoms with E-state index in [2.05, 4.69) is 27.1 Å². The number of hydrogen-bond acceptors (Lipinski definition) is 6. The molecule has 0 unspecified atom stereocenters. The zero-order valence-electron chi connectivity index (χ0n) is 15.1. The van der Waals surface area contributed by atoms with E-state index >= 15 is 0 Å². The lowest BCUT2D eigenvalue weighted by Crippen LogP contribution is -3.15. The second-order valence-electron chi connectivity index (χ2n) is 6.74. The van der Waals surface area contributed by atoms with Gasteiger partial charge in [-0.05, 0) is 5.56 Å². The monoisotopic (exact) mass is 386 g/mol. The van der Waals surface area contributed by atoms with E-state index < -0.39 is 6.10 Å². The molecule has 4 rings (SSSR count). The van der Waals surface area contributed by atoms with Gasteiger partial charge in [0.2, 0.25) is 0 Å². The molecular weight excluding hydrogens is 362 g/mol. The number of fused-ring (bicyclic) bond motifs is 1. The zero-order valence-corrected chi connectivity index (χ0v) is 15.9. The van der Waals surface area contributed by atoms with Gasteiger partial charge < -0.3 is 19.3 Å². The van der Waals surface area contributed by atoms with Crippen LogP contribution in [0.15, 0.2) is 48.0 Å². The fraction of sp³-hybridized carbons (Fsp3) is 0.421. The topological polar surface area (TPSA) is 77.5 Å². The van der Waals surface area contributed by atoms with Gasteiger partial charge >= 0.3 is 0 Å². The van der Waals surface area contributed by atoms with Gasteiger partial charge in [-0.15, -0.1) is 0 Å². The summed E-state index contributed by atoms with van der Waals surface area (Å²) in [4.78, 5) is 14.7. The molecule has 7 nitrogen and oxygen atoms in total. The highest BCUT2D eigenvalue weighted by Gasteiger charge is 2.20. The number of ether oxygens (including phenoxy) is 1. The van der Waals surface area contributed by atoms with Crippen molar-refractivity contribution in [2.45, 2.75) is 23.4 Å². The lowest BCUT2D eigenvalue weighted by molar-refractivity contribution is -0.911. The molecular formula is C19H24N5O2S+. The van der Waals surface area contributed by atoms with Gasteiger partial charge in [-0.25, -0.2) is 15.0 Å². The first-order valence-corrected chi connectivity index (χ1v) is 10.2. The van der Waals surface area contributed by atoms with E-state index in [4.69, 9.17) is 4.74 Å². The molecule has 2 aromatic heterocycles. The van der Waals surface area contributed by atoms with Crippen molar-refractivity contribution in [1.82, 2.24) is 19.5 Å². The highest BCUT2D eigenvalue weighted by atomic mass is 32.2. The Kier molecular flexibility index (Phi) is 5.98. The maximum atomic E-state index is 10.5. The number of nitrogens with zero attached hydrogens (tertiary/aromatic N) is 4. The minimum atomic E-state index is -0.439. The SMILES string of the molecule is O[C@@H](Cn1cnc2c(SCc3ccccc3)ncnc21)C[NH+]1CCOCC1. The number of aromatic nitrogens is 4. The highest BCUT2D eigenvalue weighted by molar-refractivity contribution is 7.98. The molecule has 1 atom stereocenters. The molecule has 142 valence electrons. The second kappa shape index (κ2) is 8.79. The lowest BCUT2D eigenvalue weighted by Gasteiger charge is -2.25. The van der Waals surface area contributed by atoms with Gasteiger partial charge in [-0.3, -0.25) is 0 Å². The van der Waals surface area contributed by atoms with Crippen molar-refractivity contribution in [1.29, 1.82) is 0 Å². The maximum absolute atomic E-state index is 10.5. The first-order valence-electron chi connectivity index (χ1n) is 9.21. The van der Waals surface area contributed by atoms with Crippen LogP contribution >= 0.6 is 11.8 Å². The Hall–Kier alpha value is -2.00. The molecule has 1 aliphatic heterocycles. The van der Waals surface area contributed by atoms with Gasteiger partial charge in [-0.1, -0.05) is 42.1 Å². The Morgan fingerprint density at radius 1 is 1.15 bits per heavy atom. The predicted octanol–water partition coefficient (Wildman–Crippen LogP) is 0.395. The van der Waals surface area contributed by atoms with Crippen molar-refractivity contribution in [3.63, 3.8) is 0 Å². The van der Waals surface area contributed by atoms with Crippen LogP contribution in [0, 0.1) is 0 Å². The number of thioether (sulfide) groups is 1. The summed E-state index contributed by atoms with van der Waals surface area (Å²) in [5.41, 5.74) is 2.82. The molecule has 1 aliphatic rings. The van der Waals surface area contributed by atoms with E-state index in [0.717, 1.165) is 48.2 Å². The van der Waals surface area contributed by atoms with E-state index in [0.29, 0.717) is 13.1 Å². The van der Waals surface area contributed by atoms with Crippen LogP contribution in [0.4, 0.5) is 0 Å². The number of hydrogen-bond donors (Lipinski definition) is 2. The van der Waals surface area contributed by atoms with Gasteiger partial charge in [0, 0.05) is 5.75 Å². The van der Waals surface area contributed by atoms with E-state index in [9.17, 15) is 5.11 Å². The first-order chi connectivity index (χ1) is 13.3. The summed E-state index contributed by atoms with van der Waals surface area (Å²) < 4.78 is 7.30. The summed E-state index contributed by atoms with van der Waals surface area (Å²) >= 11 is 1.66. The number of aliphatic hydroxyl groups excluding tert-OH is 1. The van der Waals surface area contributed by atoms with Gasteiger partial charge in [0.1, 0.15) is 42.6 Å². The van der Waals surface area contributed by atoms with E-state index in [1.54, 1.807) is 24.4 Å². The number of morpholine rings is 1. The lowest BCUT2D eigenvalue weighted by atomic mass is 10.2. The fourth-order valence-corrected chi connectivity index (χ4v) is 4.21. The number of benzene rings is 1. The molecule has 0 spiro atoms. The smallest absolute Gasteiger partial charge is 0.164 e. The molecule has 0 bridgehead atoms. The molecule has 1 aromatic carbocycles. The van der Waals surface area contributed by atoms with Gasteiger partial charge in [0.15, 0.2) is 5.65 Å². The molecule has 3 heterocycles. The minimum absolute atomic E-state index is 0.439. The van der Waals surface area contributed by atoms with Crippen molar-refractivity contribution in [2.75, 3.05) is 32.8 Å². The Labute approximate surface area is 162 Å². The van der Waals surface area contributed by atoms with Crippen molar-refractivity contribution in [3.05, 3.63) is 48.5 Å². The average Bonchev–Trinajstić information content (AvgIpc) is 3.11. The van der Waals surface area contributed by atoms with E-state index in [-0.39, 0.29) is 0 Å². The Morgan fingerprint density at radius 3 is 2.78 bits per heavy atom. The normalized spacial score (nSPS) is 16.6. The Morgan fingerprint density at radius 2 is 1.96 bits per heavy atom. The van der Waals surface area contributed by atoms with Crippen LogP contribution in [0.25, 0.3) is 11.2 Å². The number of rotatable bonds is 7. The second-order valence-corrected chi connectivity index (χ2v) is 7.71. The van der Waals surface area contributed by atoms with Gasteiger partial charge in [0.05, 0.1) is 26.1 Å². The van der Waals surface area contributed by atoms with Crippen LogP contribution in [0.1, 0.15) is 5.56 Å². The van der Waals surface area contributed by atoms with E-state index in [1.165, 1.54) is 10.5 Å². The maximum Gasteiger partial charge on any atom is 0.164 e. The third kappa shape index (κ3) is 4.65. The Bertz CT molecular complexity index is 867. The molecule has 8 heteroatoms. The van der Waals surface area contributed by atoms with E-state index in [1.807, 2.05) is 22.8 Å². The van der Waals surface area contributed by atoms with Crippen LogP contribution in [0.3, 0.4) is 0 Å². The molecule has 0 aliphatic carbocycles. The van der Waals surface area contributed by atoms with Crippen LogP contribution in [-0.4, -0.2) is 63.6 Å². The van der Waals surface area contributed by atoms with Crippen LogP contribution < -0.4 is 4.90 Å². The molecule has 2 N–H and O–H groups in total. The number of quaternary nitrogens is 1. The number of nitrogens with one attached hydrogen (secondary N) is 1. The summed E-state index contributed by atoms with van der Waals surface area (Å²) in [6.07, 6.45) is 2.89. The van der Waals surface area contributed by atoms with Crippen LogP contribution in [-0.2, 0) is 17.0 Å². The third-order valence-corrected chi connectivity index (χ3v) is 5.77. The summed E-state index contributed by atoms with van der Waals surface area (Å²) in [6, 6.07) is 10.3. The summed E-state index contributed by atoms with van der Waals surface area (Å²) in [7, 11) is 0. The number of imidazole rings is 1. The van der Waals surface area contributed by atoms with Crippen molar-refractivity contribution in [3.8, 4) is 0 Å². The summed E-state index contributed by atoms with van der Waals surface area (Å²) in [5, 5.41) is 11.4. The van der Waals surface area contributed by atoms with Gasteiger partial charge in [0.25, 0.3) is 0 Å². The Balaban J connectivity index is 1.43. The van der Waals surface area contributed by atoms with Crippen molar-refractivity contribution < 1.29 is 14.7 Å². The molecule has 0 saturated carbocycles. The molecule has 0 amide bonds. The molecule has 1 fully saturated rings. The van der Waals surface area contributed by atoms with Crippen molar-refractivity contribution in [2.24, 2.45) is 0 Å². The van der Waals surface area contributed by atoms with Crippen molar-refractivity contribution >= 4 is 22.9 Å². The number of aliphatic hydroxyl groups is 1. The largest absolute Gasteiger partial charge is 0.385 e. The summed E-state index contributed by atoms with van der Waals surface area (Å²) in [6.45, 7) is 4.63. The molecule has 0 radical (unpaired) electrons. The minimum Gasteiger partial charge on any atom is -0.385 e. The quantitative estimate of drug-likeness (QED) is 0.452. The zero-order chi connectivity index (χ0) is 18.5. The van der Waals surface area contributed by atoms with Gasteiger partial charge in [-0.2, -0.15) is 0 Å². The molecule has 27 heavy (non-hydrogen) atoms. The third-order valence-electron chi connectivity index (χ3n) is 4.72. The molecule has 3 aromatic rings. The highest BCUT2D eigenvalue weighted by Crippen LogP contribution is 2.26. The fourth-order valence-electron chi connectivity index (χ4n) is 3.31. The van der Waals surface area contributed by atoms with Crippen LogP contribution in [0.2, 0.25) is 0 Å². The average molecular weight is 387 g/mol. The van der Waals surface area contributed by atoms with Crippen LogP contribution in [0.5, 0.6) is 0 Å². The first kappa shape index (κ1) is 18.4. The predicted molar refractivity (Wildman–Crippen MR) is 104 cm³/mol. The standard InChI is InChI=1S/C19H23N5O2S/c25-16(10-23-6-8-26-9-7-23)11-24-14-22-17-18(24)20-13-21-19(17)27-12-15-4-2-1-3-5-15/h1-5,13-14,16,25H,6-12H2/p+1/t16-/m1/s1. The summed E-state index contributed by atoms with van der Waals surface area (Å²) in [5.74, 6) is 0.836. The molecule has 1 saturated heterocycles.